The van der Waals surface area contributed by atoms with E-state index in [4.69, 9.17) is 21.1 Å². The highest BCUT2D eigenvalue weighted by molar-refractivity contribution is 7.89. The highest BCUT2D eigenvalue weighted by Gasteiger charge is 2.20. The Kier molecular flexibility index (Phi) is 7.14. The average Bonchev–Trinajstić information content (AvgIpc) is 2.60. The molecule has 0 bridgehead atoms. The maximum absolute atomic E-state index is 12.7. The Labute approximate surface area is 166 Å². The highest BCUT2D eigenvalue weighted by atomic mass is 35.5. The molecule has 0 saturated heterocycles. The lowest BCUT2D eigenvalue weighted by Crippen LogP contribution is -2.29. The van der Waals surface area contributed by atoms with Crippen LogP contribution < -0.4 is 14.2 Å². The zero-order valence-corrected chi connectivity index (χ0v) is 17.9. The van der Waals surface area contributed by atoms with Crippen LogP contribution in [0.1, 0.15) is 36.5 Å². The van der Waals surface area contributed by atoms with Crippen LogP contribution in [0.3, 0.4) is 0 Å². The Bertz CT molecular complexity index is 910. The smallest absolute Gasteiger partial charge is 0.240 e. The SMILES string of the molecule is COc1cc(C)c(S(=O)(=O)NCCOc2ccc(C)c(Cl)c2)cc1C(C)C. The van der Waals surface area contributed by atoms with E-state index in [2.05, 4.69) is 4.72 Å². The molecule has 2 aromatic carbocycles. The van der Waals surface area contributed by atoms with Crippen molar-refractivity contribution < 1.29 is 17.9 Å². The number of hydrogen-bond donors (Lipinski definition) is 1. The minimum Gasteiger partial charge on any atom is -0.496 e. The minimum absolute atomic E-state index is 0.143. The van der Waals surface area contributed by atoms with Crippen LogP contribution in [0.2, 0.25) is 5.02 Å². The molecule has 7 heteroatoms. The zero-order chi connectivity index (χ0) is 20.2. The molecular formula is C20H26ClNO4S. The van der Waals surface area contributed by atoms with Gasteiger partial charge in [-0.2, -0.15) is 0 Å². The second kappa shape index (κ2) is 8.95. The van der Waals surface area contributed by atoms with Gasteiger partial charge in [-0.25, -0.2) is 13.1 Å². The molecule has 0 aliphatic carbocycles. The fourth-order valence-corrected chi connectivity index (χ4v) is 4.12. The van der Waals surface area contributed by atoms with Gasteiger partial charge in [-0.05, 0) is 60.7 Å². The third-order valence-electron chi connectivity index (χ3n) is 4.24. The summed E-state index contributed by atoms with van der Waals surface area (Å²) in [4.78, 5) is 0.255. The molecule has 0 saturated carbocycles. The molecule has 27 heavy (non-hydrogen) atoms. The van der Waals surface area contributed by atoms with Gasteiger partial charge in [0, 0.05) is 11.6 Å². The van der Waals surface area contributed by atoms with Gasteiger partial charge in [-0.15, -0.1) is 0 Å². The predicted molar refractivity (Wildman–Crippen MR) is 109 cm³/mol. The van der Waals surface area contributed by atoms with Gasteiger partial charge in [0.1, 0.15) is 18.1 Å². The van der Waals surface area contributed by atoms with E-state index in [1.807, 2.05) is 26.8 Å². The zero-order valence-electron chi connectivity index (χ0n) is 16.3. The van der Waals surface area contributed by atoms with E-state index in [1.54, 1.807) is 38.3 Å². The molecule has 0 heterocycles. The first kappa shape index (κ1) is 21.5. The Morgan fingerprint density at radius 1 is 1.11 bits per heavy atom. The van der Waals surface area contributed by atoms with Crippen LogP contribution in [-0.2, 0) is 10.0 Å². The maximum Gasteiger partial charge on any atom is 0.240 e. The number of rotatable bonds is 8. The number of ether oxygens (including phenoxy) is 2. The summed E-state index contributed by atoms with van der Waals surface area (Å²) in [5, 5.41) is 0.614. The summed E-state index contributed by atoms with van der Waals surface area (Å²) in [5.41, 5.74) is 2.45. The molecule has 148 valence electrons. The quantitative estimate of drug-likeness (QED) is 0.652. The van der Waals surface area contributed by atoms with Crippen LogP contribution in [-0.4, -0.2) is 28.7 Å². The lowest BCUT2D eigenvalue weighted by Gasteiger charge is -2.16. The second-order valence-electron chi connectivity index (χ2n) is 6.67. The first-order valence-corrected chi connectivity index (χ1v) is 10.6. The van der Waals surface area contributed by atoms with Crippen molar-refractivity contribution in [1.82, 2.24) is 4.72 Å². The molecule has 0 unspecified atom stereocenters. The van der Waals surface area contributed by atoms with Gasteiger partial charge in [0.15, 0.2) is 0 Å². The molecule has 0 aromatic heterocycles. The standard InChI is InChI=1S/C20H26ClNO4S/c1-13(2)17-12-20(15(4)10-19(17)25-5)27(23,24)22-8-9-26-16-7-6-14(3)18(21)11-16/h6-7,10-13,22H,8-9H2,1-5H3. The van der Waals surface area contributed by atoms with Crippen LogP contribution in [0, 0.1) is 13.8 Å². The first-order chi connectivity index (χ1) is 12.7. The van der Waals surface area contributed by atoms with Crippen molar-refractivity contribution in [2.24, 2.45) is 0 Å². The number of benzene rings is 2. The van der Waals surface area contributed by atoms with E-state index in [-0.39, 0.29) is 24.0 Å². The average molecular weight is 412 g/mol. The minimum atomic E-state index is -3.65. The Hall–Kier alpha value is -1.76. The Morgan fingerprint density at radius 2 is 1.81 bits per heavy atom. The number of halogens is 1. The third-order valence-corrected chi connectivity index (χ3v) is 6.26. The lowest BCUT2D eigenvalue weighted by atomic mass is 10.0. The topological polar surface area (TPSA) is 64.6 Å². The van der Waals surface area contributed by atoms with Gasteiger partial charge in [0.25, 0.3) is 0 Å². The highest BCUT2D eigenvalue weighted by Crippen LogP contribution is 2.31. The van der Waals surface area contributed by atoms with Crippen molar-refractivity contribution in [1.29, 1.82) is 0 Å². The normalized spacial score (nSPS) is 11.7. The summed E-state index contributed by atoms with van der Waals surface area (Å²) < 4.78 is 39.0. The van der Waals surface area contributed by atoms with Crippen molar-refractivity contribution >= 4 is 21.6 Å². The number of sulfonamides is 1. The summed E-state index contributed by atoms with van der Waals surface area (Å²) in [6, 6.07) is 8.82. The molecule has 5 nitrogen and oxygen atoms in total. The third kappa shape index (κ3) is 5.37. The van der Waals surface area contributed by atoms with Gasteiger partial charge < -0.3 is 9.47 Å². The number of nitrogens with one attached hydrogen (secondary N) is 1. The van der Waals surface area contributed by atoms with Crippen molar-refractivity contribution in [3.05, 3.63) is 52.0 Å². The van der Waals surface area contributed by atoms with Gasteiger partial charge in [-0.3, -0.25) is 0 Å². The van der Waals surface area contributed by atoms with Gasteiger partial charge in [0.05, 0.1) is 12.0 Å². The fourth-order valence-electron chi connectivity index (χ4n) is 2.68. The molecular weight excluding hydrogens is 386 g/mol. The number of methoxy groups -OCH3 is 1. The number of hydrogen-bond acceptors (Lipinski definition) is 4. The summed E-state index contributed by atoms with van der Waals surface area (Å²) in [6.07, 6.45) is 0. The molecule has 0 atom stereocenters. The van der Waals surface area contributed by atoms with Crippen molar-refractivity contribution in [2.45, 2.75) is 38.5 Å². The van der Waals surface area contributed by atoms with Gasteiger partial charge in [-0.1, -0.05) is 31.5 Å². The summed E-state index contributed by atoms with van der Waals surface area (Å²) in [7, 11) is -2.07. The largest absolute Gasteiger partial charge is 0.496 e. The van der Waals surface area contributed by atoms with E-state index in [1.165, 1.54) is 0 Å². The number of aryl methyl sites for hydroxylation is 2. The summed E-state index contributed by atoms with van der Waals surface area (Å²) in [6.45, 7) is 8.01. The summed E-state index contributed by atoms with van der Waals surface area (Å²) >= 11 is 6.06. The molecule has 1 N–H and O–H groups in total. The monoisotopic (exact) mass is 411 g/mol. The second-order valence-corrected chi connectivity index (χ2v) is 8.81. The van der Waals surface area contributed by atoms with Crippen LogP contribution >= 0.6 is 11.6 Å². The molecule has 0 fully saturated rings. The Morgan fingerprint density at radius 3 is 2.41 bits per heavy atom. The molecule has 0 aliphatic rings. The van der Waals surface area contributed by atoms with Gasteiger partial charge >= 0.3 is 0 Å². The van der Waals surface area contributed by atoms with Gasteiger partial charge in [0.2, 0.25) is 10.0 Å². The van der Waals surface area contributed by atoms with E-state index in [0.29, 0.717) is 22.1 Å². The van der Waals surface area contributed by atoms with Crippen LogP contribution in [0.4, 0.5) is 0 Å². The molecule has 0 spiro atoms. The van der Waals surface area contributed by atoms with Crippen molar-refractivity contribution in [3.63, 3.8) is 0 Å². The maximum atomic E-state index is 12.7. The molecule has 2 aromatic rings. The van der Waals surface area contributed by atoms with E-state index < -0.39 is 10.0 Å². The van der Waals surface area contributed by atoms with Crippen LogP contribution in [0.5, 0.6) is 11.5 Å². The van der Waals surface area contributed by atoms with Crippen LogP contribution in [0.25, 0.3) is 0 Å². The van der Waals surface area contributed by atoms with Crippen molar-refractivity contribution in [3.8, 4) is 11.5 Å². The molecule has 0 aliphatic heterocycles. The first-order valence-electron chi connectivity index (χ1n) is 8.73. The Balaban J connectivity index is 2.07. The van der Waals surface area contributed by atoms with Crippen LogP contribution in [0.15, 0.2) is 35.2 Å². The van der Waals surface area contributed by atoms with E-state index in [9.17, 15) is 8.42 Å². The van der Waals surface area contributed by atoms with E-state index >= 15 is 0 Å². The van der Waals surface area contributed by atoms with Crippen molar-refractivity contribution in [2.75, 3.05) is 20.3 Å². The fraction of sp³-hybridized carbons (Fsp3) is 0.400. The predicted octanol–water partition coefficient (Wildman–Crippen LogP) is 4.45. The van der Waals surface area contributed by atoms with E-state index in [0.717, 1.165) is 11.1 Å². The molecule has 0 amide bonds. The molecule has 2 rings (SSSR count). The summed E-state index contributed by atoms with van der Waals surface area (Å²) in [5.74, 6) is 1.44. The lowest BCUT2D eigenvalue weighted by molar-refractivity contribution is 0.323. The molecule has 0 radical (unpaired) electrons.